The maximum Gasteiger partial charge on any atom is 0.253 e. The lowest BCUT2D eigenvalue weighted by atomic mass is 10.1. The molecule has 150 valence electrons. The molecule has 2 heterocycles. The van der Waals surface area contributed by atoms with E-state index in [1.807, 2.05) is 47.0 Å². The fraction of sp³-hybridized carbons (Fsp3) is 0.304. The summed E-state index contributed by atoms with van der Waals surface area (Å²) in [4.78, 5) is 27.3. The number of amides is 2. The third-order valence-corrected chi connectivity index (χ3v) is 5.44. The van der Waals surface area contributed by atoms with Crippen molar-refractivity contribution in [1.82, 2.24) is 9.47 Å². The van der Waals surface area contributed by atoms with E-state index in [-0.39, 0.29) is 18.2 Å². The van der Waals surface area contributed by atoms with Crippen LogP contribution in [-0.2, 0) is 18.3 Å². The summed E-state index contributed by atoms with van der Waals surface area (Å²) in [7, 11) is 3.53. The van der Waals surface area contributed by atoms with Gasteiger partial charge >= 0.3 is 0 Å². The van der Waals surface area contributed by atoms with Crippen LogP contribution in [-0.4, -0.2) is 41.5 Å². The SMILES string of the molecule is COc1ccc(C(=O)N2CCCC2)cc1NC(=O)Cc1cn(C)c2ccccc12. The number of likely N-dealkylation sites (tertiary alicyclic amines) is 1. The van der Waals surface area contributed by atoms with Gasteiger partial charge in [-0.2, -0.15) is 0 Å². The summed E-state index contributed by atoms with van der Waals surface area (Å²) in [5.74, 6) is 0.384. The van der Waals surface area contributed by atoms with Gasteiger partial charge in [-0.25, -0.2) is 0 Å². The van der Waals surface area contributed by atoms with Crippen molar-refractivity contribution in [2.75, 3.05) is 25.5 Å². The fourth-order valence-electron chi connectivity index (χ4n) is 3.98. The molecule has 1 aromatic heterocycles. The number of aromatic nitrogens is 1. The molecule has 1 N–H and O–H groups in total. The van der Waals surface area contributed by atoms with Gasteiger partial charge in [0.1, 0.15) is 5.75 Å². The molecule has 4 rings (SSSR count). The van der Waals surface area contributed by atoms with Crippen molar-refractivity contribution in [1.29, 1.82) is 0 Å². The van der Waals surface area contributed by atoms with E-state index in [9.17, 15) is 9.59 Å². The molecule has 0 aliphatic carbocycles. The van der Waals surface area contributed by atoms with Crippen LogP contribution in [0.15, 0.2) is 48.7 Å². The number of ether oxygens (including phenoxy) is 1. The van der Waals surface area contributed by atoms with E-state index in [4.69, 9.17) is 4.74 Å². The lowest BCUT2D eigenvalue weighted by Gasteiger charge is -2.17. The van der Waals surface area contributed by atoms with Gasteiger partial charge in [0.2, 0.25) is 5.91 Å². The van der Waals surface area contributed by atoms with Crippen LogP contribution in [0.2, 0.25) is 0 Å². The second-order valence-corrected chi connectivity index (χ2v) is 7.42. The average molecular weight is 391 g/mol. The normalized spacial score (nSPS) is 13.7. The van der Waals surface area contributed by atoms with Gasteiger partial charge in [-0.15, -0.1) is 0 Å². The maximum atomic E-state index is 12.8. The lowest BCUT2D eigenvalue weighted by molar-refractivity contribution is -0.115. The van der Waals surface area contributed by atoms with Crippen molar-refractivity contribution in [2.45, 2.75) is 19.3 Å². The molecule has 1 aliphatic rings. The Morgan fingerprint density at radius 1 is 1.10 bits per heavy atom. The number of fused-ring (bicyclic) bond motifs is 1. The first kappa shape index (κ1) is 19.1. The molecule has 0 saturated carbocycles. The smallest absolute Gasteiger partial charge is 0.253 e. The predicted molar refractivity (Wildman–Crippen MR) is 113 cm³/mol. The quantitative estimate of drug-likeness (QED) is 0.723. The van der Waals surface area contributed by atoms with Crippen LogP contribution in [0.4, 0.5) is 5.69 Å². The number of nitrogens with zero attached hydrogens (tertiary/aromatic N) is 2. The highest BCUT2D eigenvalue weighted by Crippen LogP contribution is 2.28. The molecule has 1 aliphatic heterocycles. The number of anilines is 1. The zero-order valence-corrected chi connectivity index (χ0v) is 16.8. The lowest BCUT2D eigenvalue weighted by Crippen LogP contribution is -2.27. The Hall–Kier alpha value is -3.28. The van der Waals surface area contributed by atoms with Gasteiger partial charge in [0.25, 0.3) is 5.91 Å². The summed E-state index contributed by atoms with van der Waals surface area (Å²) >= 11 is 0. The van der Waals surface area contributed by atoms with E-state index in [0.29, 0.717) is 17.0 Å². The summed E-state index contributed by atoms with van der Waals surface area (Å²) < 4.78 is 7.41. The summed E-state index contributed by atoms with van der Waals surface area (Å²) in [6, 6.07) is 13.2. The number of carbonyl (C=O) groups excluding carboxylic acids is 2. The highest BCUT2D eigenvalue weighted by molar-refractivity contribution is 6.00. The van der Waals surface area contributed by atoms with Crippen LogP contribution in [0.5, 0.6) is 5.75 Å². The van der Waals surface area contributed by atoms with Crippen LogP contribution >= 0.6 is 0 Å². The van der Waals surface area contributed by atoms with Crippen molar-refractivity contribution >= 4 is 28.4 Å². The van der Waals surface area contributed by atoms with Crippen molar-refractivity contribution in [3.05, 3.63) is 59.8 Å². The monoisotopic (exact) mass is 391 g/mol. The predicted octanol–water partition coefficient (Wildman–Crippen LogP) is 3.60. The van der Waals surface area contributed by atoms with Crippen molar-refractivity contribution in [2.24, 2.45) is 7.05 Å². The number of carbonyl (C=O) groups is 2. The van der Waals surface area contributed by atoms with E-state index >= 15 is 0 Å². The fourth-order valence-corrected chi connectivity index (χ4v) is 3.98. The van der Waals surface area contributed by atoms with Crippen molar-refractivity contribution in [3.8, 4) is 5.75 Å². The Kier molecular flexibility index (Phi) is 5.25. The highest BCUT2D eigenvalue weighted by atomic mass is 16.5. The van der Waals surface area contributed by atoms with Crippen molar-refractivity contribution < 1.29 is 14.3 Å². The Morgan fingerprint density at radius 2 is 1.86 bits per heavy atom. The number of hydrogen-bond acceptors (Lipinski definition) is 3. The Bertz CT molecular complexity index is 1060. The van der Waals surface area contributed by atoms with Gasteiger partial charge in [-0.3, -0.25) is 9.59 Å². The first-order valence-electron chi connectivity index (χ1n) is 9.87. The number of benzene rings is 2. The van der Waals surface area contributed by atoms with Crippen LogP contribution in [0.25, 0.3) is 10.9 Å². The second kappa shape index (κ2) is 7.99. The van der Waals surface area contributed by atoms with E-state index in [2.05, 4.69) is 5.32 Å². The number of methoxy groups -OCH3 is 1. The molecule has 3 aromatic rings. The third-order valence-electron chi connectivity index (χ3n) is 5.44. The van der Waals surface area contributed by atoms with Crippen LogP contribution < -0.4 is 10.1 Å². The Labute approximate surface area is 170 Å². The standard InChI is InChI=1S/C23H25N3O3/c1-25-15-17(18-7-3-4-8-20(18)25)14-22(27)24-19-13-16(9-10-21(19)29-2)23(28)26-11-5-6-12-26/h3-4,7-10,13,15H,5-6,11-12,14H2,1-2H3,(H,24,27). The minimum atomic E-state index is -0.148. The number of aryl methyl sites for hydroxylation is 1. The highest BCUT2D eigenvalue weighted by Gasteiger charge is 2.21. The zero-order valence-electron chi connectivity index (χ0n) is 16.8. The Balaban J connectivity index is 1.55. The van der Waals surface area contributed by atoms with Gasteiger partial charge in [-0.05, 0) is 42.7 Å². The number of para-hydroxylation sites is 1. The van der Waals surface area contributed by atoms with E-state index in [1.165, 1.54) is 0 Å². The van der Waals surface area contributed by atoms with Gasteiger partial charge in [-0.1, -0.05) is 18.2 Å². The molecule has 6 heteroatoms. The molecule has 29 heavy (non-hydrogen) atoms. The minimum absolute atomic E-state index is 0.00490. The summed E-state index contributed by atoms with van der Waals surface area (Å²) in [6.45, 7) is 1.57. The summed E-state index contributed by atoms with van der Waals surface area (Å²) in [6.07, 6.45) is 4.30. The molecule has 6 nitrogen and oxygen atoms in total. The first-order chi connectivity index (χ1) is 14.1. The molecule has 0 atom stereocenters. The third kappa shape index (κ3) is 3.83. The number of nitrogens with one attached hydrogen (secondary N) is 1. The average Bonchev–Trinajstić information content (AvgIpc) is 3.37. The van der Waals surface area contributed by atoms with Gasteiger partial charge in [0.15, 0.2) is 0 Å². The molecule has 0 spiro atoms. The molecular weight excluding hydrogens is 366 g/mol. The summed E-state index contributed by atoms with van der Waals surface area (Å²) in [5, 5.41) is 3.99. The number of hydrogen-bond donors (Lipinski definition) is 1. The van der Waals surface area contributed by atoms with E-state index in [1.54, 1.807) is 25.3 Å². The summed E-state index contributed by atoms with van der Waals surface area (Å²) in [5.41, 5.74) is 3.13. The Morgan fingerprint density at radius 3 is 2.62 bits per heavy atom. The van der Waals surface area contributed by atoms with Crippen LogP contribution in [0.1, 0.15) is 28.8 Å². The molecule has 0 unspecified atom stereocenters. The molecule has 1 fully saturated rings. The van der Waals surface area contributed by atoms with E-state index in [0.717, 1.165) is 42.4 Å². The molecule has 1 saturated heterocycles. The van der Waals surface area contributed by atoms with Gasteiger partial charge in [0.05, 0.1) is 19.2 Å². The van der Waals surface area contributed by atoms with Gasteiger partial charge in [0, 0.05) is 42.8 Å². The molecule has 2 amide bonds. The molecule has 0 bridgehead atoms. The minimum Gasteiger partial charge on any atom is -0.495 e. The van der Waals surface area contributed by atoms with Crippen molar-refractivity contribution in [3.63, 3.8) is 0 Å². The van der Waals surface area contributed by atoms with E-state index < -0.39 is 0 Å². The maximum absolute atomic E-state index is 12.8. The second-order valence-electron chi connectivity index (χ2n) is 7.42. The molecule has 0 radical (unpaired) electrons. The zero-order chi connectivity index (χ0) is 20.4. The largest absolute Gasteiger partial charge is 0.495 e. The molecular formula is C23H25N3O3. The van der Waals surface area contributed by atoms with Gasteiger partial charge < -0.3 is 19.5 Å². The van der Waals surface area contributed by atoms with Crippen LogP contribution in [0, 0.1) is 0 Å². The topological polar surface area (TPSA) is 63.6 Å². The van der Waals surface area contributed by atoms with Crippen LogP contribution in [0.3, 0.4) is 0 Å². The molecule has 2 aromatic carbocycles. The number of rotatable bonds is 5. The first-order valence-corrected chi connectivity index (χ1v) is 9.87.